The maximum Gasteiger partial charge on any atom is 0.253 e. The number of carbonyl (C=O) groups excluding carboxylic acids is 1. The van der Waals surface area contributed by atoms with E-state index in [1.807, 2.05) is 17.0 Å². The molecule has 0 unspecified atom stereocenters. The van der Waals surface area contributed by atoms with E-state index in [2.05, 4.69) is 20.6 Å². The van der Waals surface area contributed by atoms with Gasteiger partial charge in [-0.2, -0.15) is 4.98 Å². The van der Waals surface area contributed by atoms with Crippen LogP contribution in [0.3, 0.4) is 0 Å². The van der Waals surface area contributed by atoms with Crippen LogP contribution in [-0.2, 0) is 0 Å². The molecule has 1 amide bonds. The summed E-state index contributed by atoms with van der Waals surface area (Å²) in [6.07, 6.45) is 3.26. The molecule has 1 saturated heterocycles. The molecule has 1 fully saturated rings. The number of rotatable bonds is 6. The Morgan fingerprint density at radius 2 is 2.00 bits per heavy atom. The number of anilines is 4. The molecular weight excluding hydrogens is 458 g/mol. The monoisotopic (exact) mass is 481 g/mol. The number of hydrogen-bond donors (Lipinski definition) is 3. The number of aliphatic hydroxyl groups is 1. The summed E-state index contributed by atoms with van der Waals surface area (Å²) in [4.78, 5) is 23.6. The summed E-state index contributed by atoms with van der Waals surface area (Å²) in [6.45, 7) is 1.61. The van der Waals surface area contributed by atoms with E-state index in [0.717, 1.165) is 12.8 Å². The van der Waals surface area contributed by atoms with Crippen LogP contribution < -0.4 is 20.1 Å². The molecule has 5 rings (SSSR count). The van der Waals surface area contributed by atoms with Crippen molar-refractivity contribution in [2.75, 3.05) is 37.1 Å². The molecule has 2 aliphatic heterocycles. The fourth-order valence-corrected chi connectivity index (χ4v) is 4.24. The minimum absolute atomic E-state index is 0.0221. The molecule has 2 aromatic carbocycles. The van der Waals surface area contributed by atoms with Crippen LogP contribution in [0.1, 0.15) is 23.2 Å². The molecule has 0 bridgehead atoms. The molecule has 0 spiro atoms. The number of amides is 1. The van der Waals surface area contributed by atoms with E-state index >= 15 is 0 Å². The number of likely N-dealkylation sites (tertiary alicyclic amines) is 1. The summed E-state index contributed by atoms with van der Waals surface area (Å²) < 4.78 is 10.9. The molecule has 3 aromatic rings. The maximum atomic E-state index is 12.9. The lowest BCUT2D eigenvalue weighted by molar-refractivity contribution is 0.0651. The zero-order valence-electron chi connectivity index (χ0n) is 18.3. The van der Waals surface area contributed by atoms with E-state index in [9.17, 15) is 9.90 Å². The number of ether oxygens (including phenoxy) is 2. The summed E-state index contributed by atoms with van der Waals surface area (Å²) in [7, 11) is 0. The van der Waals surface area contributed by atoms with Crippen LogP contribution in [0.5, 0.6) is 11.5 Å². The van der Waals surface area contributed by atoms with Crippen molar-refractivity contribution in [1.29, 1.82) is 0 Å². The number of carbonyl (C=O) groups is 1. The quantitative estimate of drug-likeness (QED) is 0.481. The number of nitrogens with zero attached hydrogens (tertiary/aromatic N) is 3. The van der Waals surface area contributed by atoms with E-state index in [4.69, 9.17) is 21.1 Å². The maximum absolute atomic E-state index is 12.9. The van der Waals surface area contributed by atoms with Gasteiger partial charge in [0.05, 0.1) is 5.02 Å². The first kappa shape index (κ1) is 22.2. The van der Waals surface area contributed by atoms with E-state index < -0.39 is 0 Å². The van der Waals surface area contributed by atoms with Crippen LogP contribution in [0.2, 0.25) is 5.02 Å². The van der Waals surface area contributed by atoms with Gasteiger partial charge >= 0.3 is 0 Å². The summed E-state index contributed by atoms with van der Waals surface area (Å²) in [5.74, 6) is 2.28. The van der Waals surface area contributed by atoms with Crippen molar-refractivity contribution in [1.82, 2.24) is 14.9 Å². The highest BCUT2D eigenvalue weighted by molar-refractivity contribution is 6.33. The molecule has 0 atom stereocenters. The van der Waals surface area contributed by atoms with Crippen LogP contribution in [0.25, 0.3) is 0 Å². The van der Waals surface area contributed by atoms with Gasteiger partial charge in [0.1, 0.15) is 11.5 Å². The number of nitrogens with one attached hydrogen (secondary N) is 2. The van der Waals surface area contributed by atoms with Gasteiger partial charge in [-0.25, -0.2) is 4.98 Å². The molecule has 0 radical (unpaired) electrons. The van der Waals surface area contributed by atoms with Gasteiger partial charge in [-0.3, -0.25) is 4.79 Å². The molecule has 9 nitrogen and oxygen atoms in total. The van der Waals surface area contributed by atoms with Crippen LogP contribution in [0, 0.1) is 5.92 Å². The Balaban J connectivity index is 1.29. The average molecular weight is 482 g/mol. The summed E-state index contributed by atoms with van der Waals surface area (Å²) in [5.41, 5.74) is 1.85. The van der Waals surface area contributed by atoms with Gasteiger partial charge in [0, 0.05) is 37.1 Å². The fourth-order valence-electron chi connectivity index (χ4n) is 4.04. The van der Waals surface area contributed by atoms with Crippen molar-refractivity contribution in [3.63, 3.8) is 0 Å². The summed E-state index contributed by atoms with van der Waals surface area (Å²) in [6, 6.07) is 12.5. The Morgan fingerprint density at radius 3 is 2.82 bits per heavy atom. The number of aliphatic hydroxyl groups excluding tert-OH is 1. The van der Waals surface area contributed by atoms with Crippen molar-refractivity contribution >= 4 is 40.6 Å². The van der Waals surface area contributed by atoms with Crippen molar-refractivity contribution in [3.8, 4) is 11.5 Å². The standard InChI is InChI=1S/C24H24ClN5O4/c25-18-4-5-19-22(34-14-33-19)21(18)28-20-6-9-26-24(29-20)27-17-3-1-2-16(12-17)23(32)30-10-7-15(13-31)8-11-30/h1-6,9,12,15,31H,7-8,10-11,13-14H2,(H2,26,27,28,29). The number of piperidine rings is 1. The Kier molecular flexibility index (Phi) is 6.37. The molecule has 2 aliphatic rings. The highest BCUT2D eigenvalue weighted by Crippen LogP contribution is 2.44. The third-order valence-electron chi connectivity index (χ3n) is 5.92. The number of halogens is 1. The van der Waals surface area contributed by atoms with Gasteiger partial charge < -0.3 is 30.1 Å². The van der Waals surface area contributed by atoms with E-state index in [1.165, 1.54) is 0 Å². The van der Waals surface area contributed by atoms with Gasteiger partial charge in [-0.15, -0.1) is 0 Å². The van der Waals surface area contributed by atoms with E-state index in [0.29, 0.717) is 58.3 Å². The molecule has 1 aromatic heterocycles. The number of hydrogen-bond acceptors (Lipinski definition) is 8. The second kappa shape index (κ2) is 9.74. The Bertz CT molecular complexity index is 1200. The smallest absolute Gasteiger partial charge is 0.253 e. The van der Waals surface area contributed by atoms with E-state index in [-0.39, 0.29) is 25.2 Å². The molecule has 34 heavy (non-hydrogen) atoms. The van der Waals surface area contributed by atoms with Crippen molar-refractivity contribution in [3.05, 3.63) is 59.2 Å². The van der Waals surface area contributed by atoms with Gasteiger partial charge in [0.25, 0.3) is 5.91 Å². The molecule has 10 heteroatoms. The van der Waals surface area contributed by atoms with E-state index in [1.54, 1.807) is 36.5 Å². The van der Waals surface area contributed by atoms with Crippen LogP contribution in [0.15, 0.2) is 48.7 Å². The van der Waals surface area contributed by atoms with Crippen molar-refractivity contribution in [2.24, 2.45) is 5.92 Å². The summed E-state index contributed by atoms with van der Waals surface area (Å²) in [5, 5.41) is 16.1. The molecule has 0 aliphatic carbocycles. The zero-order chi connectivity index (χ0) is 23.5. The zero-order valence-corrected chi connectivity index (χ0v) is 19.1. The van der Waals surface area contributed by atoms with Crippen molar-refractivity contribution in [2.45, 2.75) is 12.8 Å². The van der Waals surface area contributed by atoms with Crippen LogP contribution in [0.4, 0.5) is 23.1 Å². The first-order valence-corrected chi connectivity index (χ1v) is 11.4. The lowest BCUT2D eigenvalue weighted by Gasteiger charge is -2.31. The highest BCUT2D eigenvalue weighted by atomic mass is 35.5. The summed E-state index contributed by atoms with van der Waals surface area (Å²) >= 11 is 6.35. The third-order valence-corrected chi connectivity index (χ3v) is 6.24. The number of aromatic nitrogens is 2. The fraction of sp³-hybridized carbons (Fsp3) is 0.292. The third kappa shape index (κ3) is 4.71. The van der Waals surface area contributed by atoms with Crippen LogP contribution in [-0.4, -0.2) is 52.4 Å². The average Bonchev–Trinajstić information content (AvgIpc) is 3.35. The Hall–Kier alpha value is -3.56. The van der Waals surface area contributed by atoms with Gasteiger partial charge in [0.15, 0.2) is 11.5 Å². The first-order valence-electron chi connectivity index (χ1n) is 11.1. The van der Waals surface area contributed by atoms with Gasteiger partial charge in [-0.1, -0.05) is 17.7 Å². The topological polar surface area (TPSA) is 109 Å². The minimum atomic E-state index is -0.0221. The lowest BCUT2D eigenvalue weighted by Crippen LogP contribution is -2.39. The molecular formula is C24H24ClN5O4. The largest absolute Gasteiger partial charge is 0.454 e. The van der Waals surface area contributed by atoms with Crippen molar-refractivity contribution < 1.29 is 19.4 Å². The molecule has 3 heterocycles. The second-order valence-electron chi connectivity index (χ2n) is 8.17. The predicted octanol–water partition coefficient (Wildman–Crippen LogP) is 4.19. The number of fused-ring (bicyclic) bond motifs is 1. The molecule has 3 N–H and O–H groups in total. The first-order chi connectivity index (χ1) is 16.6. The Labute approximate surface area is 201 Å². The Morgan fingerprint density at radius 1 is 1.15 bits per heavy atom. The normalized spacial score (nSPS) is 15.3. The number of benzene rings is 2. The van der Waals surface area contributed by atoms with Gasteiger partial charge in [0.2, 0.25) is 12.7 Å². The molecule has 176 valence electrons. The minimum Gasteiger partial charge on any atom is -0.454 e. The second-order valence-corrected chi connectivity index (χ2v) is 8.58. The van der Waals surface area contributed by atoms with Gasteiger partial charge in [-0.05, 0) is 55.2 Å². The SMILES string of the molecule is O=C(c1cccc(Nc2nccc(Nc3c(Cl)ccc4c3OCO4)n2)c1)N1CCC(CO)CC1. The molecule has 0 saturated carbocycles. The van der Waals surface area contributed by atoms with Crippen LogP contribution >= 0.6 is 11.6 Å². The highest BCUT2D eigenvalue weighted by Gasteiger charge is 2.24. The predicted molar refractivity (Wildman–Crippen MR) is 128 cm³/mol. The lowest BCUT2D eigenvalue weighted by atomic mass is 9.97.